The molecule has 2 N–H and O–H groups in total. The third-order valence-corrected chi connectivity index (χ3v) is 2.85. The smallest absolute Gasteiger partial charge is 0.133 e. The molecule has 2 nitrogen and oxygen atoms in total. The fourth-order valence-corrected chi connectivity index (χ4v) is 1.98. The van der Waals surface area contributed by atoms with Crippen LogP contribution in [0, 0.1) is 11.7 Å². The van der Waals surface area contributed by atoms with Crippen LogP contribution >= 0.6 is 12.2 Å². The molecule has 1 unspecified atom stereocenters. The third kappa shape index (κ3) is 4.70. The Labute approximate surface area is 113 Å². The molecule has 1 rings (SSSR count). The summed E-state index contributed by atoms with van der Waals surface area (Å²) < 4.78 is 19.1. The van der Waals surface area contributed by atoms with E-state index in [1.165, 1.54) is 6.07 Å². The topological polar surface area (TPSA) is 35.2 Å². The molecule has 0 bridgehead atoms. The molecule has 1 aromatic rings. The Bertz CT molecular complexity index is 420. The summed E-state index contributed by atoms with van der Waals surface area (Å²) in [6.45, 7) is 6.80. The first-order chi connectivity index (χ1) is 8.40. The highest BCUT2D eigenvalue weighted by Crippen LogP contribution is 2.14. The van der Waals surface area contributed by atoms with Crippen LogP contribution < -0.4 is 5.73 Å². The Hall–Kier alpha value is -1.00. The lowest BCUT2D eigenvalue weighted by molar-refractivity contribution is 0.0397. The molecule has 0 fully saturated rings. The zero-order valence-corrected chi connectivity index (χ0v) is 11.9. The molecule has 0 aromatic heterocycles. The molecule has 0 radical (unpaired) electrons. The number of hydrogen-bond acceptors (Lipinski definition) is 2. The van der Waals surface area contributed by atoms with Crippen molar-refractivity contribution in [3.8, 4) is 0 Å². The molecule has 0 aliphatic carbocycles. The summed E-state index contributed by atoms with van der Waals surface area (Å²) in [5.74, 6) is 0.210. The number of hydrogen-bond donors (Lipinski definition) is 1. The van der Waals surface area contributed by atoms with Gasteiger partial charge in [0, 0.05) is 5.56 Å². The van der Waals surface area contributed by atoms with Gasteiger partial charge in [-0.3, -0.25) is 0 Å². The van der Waals surface area contributed by atoms with Crippen molar-refractivity contribution in [1.29, 1.82) is 0 Å². The minimum atomic E-state index is -0.388. The molecule has 100 valence electrons. The Morgan fingerprint density at radius 1 is 1.39 bits per heavy atom. The Morgan fingerprint density at radius 2 is 2.06 bits per heavy atom. The second-order valence-corrected chi connectivity index (χ2v) is 5.37. The van der Waals surface area contributed by atoms with Gasteiger partial charge in [0.25, 0.3) is 0 Å². The molecular formula is C14H20FNOS. The third-order valence-electron chi connectivity index (χ3n) is 2.63. The minimum Gasteiger partial charge on any atom is -0.389 e. The van der Waals surface area contributed by atoms with E-state index in [0.717, 1.165) is 12.0 Å². The van der Waals surface area contributed by atoms with E-state index in [1.807, 2.05) is 6.92 Å². The predicted octanol–water partition coefficient (Wildman–Crippen LogP) is 3.41. The van der Waals surface area contributed by atoms with Crippen molar-refractivity contribution in [1.82, 2.24) is 0 Å². The maximum atomic E-state index is 13.4. The van der Waals surface area contributed by atoms with Crippen molar-refractivity contribution in [2.24, 2.45) is 11.7 Å². The number of benzene rings is 1. The van der Waals surface area contributed by atoms with Gasteiger partial charge in [-0.1, -0.05) is 32.1 Å². The van der Waals surface area contributed by atoms with E-state index in [-0.39, 0.29) is 22.5 Å². The molecule has 0 aliphatic rings. The van der Waals surface area contributed by atoms with Crippen LogP contribution in [0.25, 0.3) is 0 Å². The average Bonchev–Trinajstić information content (AvgIpc) is 2.26. The van der Waals surface area contributed by atoms with E-state index in [0.29, 0.717) is 12.5 Å². The quantitative estimate of drug-likeness (QED) is 0.804. The Balaban J connectivity index is 2.63. The van der Waals surface area contributed by atoms with Crippen molar-refractivity contribution in [2.75, 3.05) is 0 Å². The van der Waals surface area contributed by atoms with Crippen molar-refractivity contribution in [3.05, 3.63) is 35.1 Å². The molecule has 0 amide bonds. The summed E-state index contributed by atoms with van der Waals surface area (Å²) in [6.07, 6.45) is 1.19. The lowest BCUT2D eigenvalue weighted by atomic mass is 10.1. The normalized spacial score (nSPS) is 12.7. The second kappa shape index (κ2) is 6.81. The van der Waals surface area contributed by atoms with Crippen molar-refractivity contribution < 1.29 is 9.13 Å². The van der Waals surface area contributed by atoms with Gasteiger partial charge in [-0.15, -0.1) is 0 Å². The summed E-state index contributed by atoms with van der Waals surface area (Å²) in [6, 6.07) is 4.72. The molecular weight excluding hydrogens is 249 g/mol. The maximum absolute atomic E-state index is 13.4. The van der Waals surface area contributed by atoms with Gasteiger partial charge in [0.1, 0.15) is 10.8 Å². The van der Waals surface area contributed by atoms with Gasteiger partial charge in [-0.2, -0.15) is 0 Å². The van der Waals surface area contributed by atoms with Gasteiger partial charge >= 0.3 is 0 Å². The van der Waals surface area contributed by atoms with Crippen LogP contribution in [0.3, 0.4) is 0 Å². The van der Waals surface area contributed by atoms with Gasteiger partial charge in [0.05, 0.1) is 12.7 Å². The Kier molecular flexibility index (Phi) is 5.69. The molecule has 0 saturated heterocycles. The first-order valence-corrected chi connectivity index (χ1v) is 6.50. The fourth-order valence-electron chi connectivity index (χ4n) is 1.82. The number of rotatable bonds is 6. The van der Waals surface area contributed by atoms with Crippen LogP contribution in [0.4, 0.5) is 4.39 Å². The minimum absolute atomic E-state index is 0.0737. The van der Waals surface area contributed by atoms with Crippen molar-refractivity contribution >= 4 is 17.2 Å². The largest absolute Gasteiger partial charge is 0.389 e. The first kappa shape index (κ1) is 15.1. The molecule has 0 aliphatic heterocycles. The van der Waals surface area contributed by atoms with Crippen LogP contribution in [0.5, 0.6) is 0 Å². The summed E-state index contributed by atoms with van der Waals surface area (Å²) in [5, 5.41) is 0. The summed E-state index contributed by atoms with van der Waals surface area (Å²) in [4.78, 5) is 0.0737. The van der Waals surface area contributed by atoms with Crippen LogP contribution in [-0.4, -0.2) is 11.1 Å². The number of nitrogens with two attached hydrogens (primary N) is 1. The van der Waals surface area contributed by atoms with Crippen molar-refractivity contribution in [3.63, 3.8) is 0 Å². The van der Waals surface area contributed by atoms with Gasteiger partial charge in [-0.05, 0) is 37.0 Å². The monoisotopic (exact) mass is 269 g/mol. The van der Waals surface area contributed by atoms with Crippen LogP contribution in [0.2, 0.25) is 0 Å². The van der Waals surface area contributed by atoms with Crippen LogP contribution in [0.1, 0.15) is 38.3 Å². The second-order valence-electron chi connectivity index (χ2n) is 4.93. The van der Waals surface area contributed by atoms with Gasteiger partial charge < -0.3 is 10.5 Å². The number of thiocarbonyl (C=S) groups is 1. The molecule has 0 spiro atoms. The van der Waals surface area contributed by atoms with Gasteiger partial charge in [0.15, 0.2) is 0 Å². The summed E-state index contributed by atoms with van der Waals surface area (Å²) >= 11 is 4.80. The fraction of sp³-hybridized carbons (Fsp3) is 0.500. The molecule has 0 saturated carbocycles. The SMILES string of the molecule is CC(C)CC(C)OCc1ccc(F)c(C(N)=S)c1. The summed E-state index contributed by atoms with van der Waals surface area (Å²) in [5.41, 5.74) is 6.62. The van der Waals surface area contributed by atoms with Gasteiger partial charge in [0.2, 0.25) is 0 Å². The number of halogens is 1. The van der Waals surface area contributed by atoms with Gasteiger partial charge in [-0.25, -0.2) is 4.39 Å². The van der Waals surface area contributed by atoms with Crippen LogP contribution in [-0.2, 0) is 11.3 Å². The van der Waals surface area contributed by atoms with E-state index in [1.54, 1.807) is 12.1 Å². The number of ether oxygens (including phenoxy) is 1. The van der Waals surface area contributed by atoms with E-state index in [9.17, 15) is 4.39 Å². The standard InChI is InChI=1S/C14H20FNOS/c1-9(2)6-10(3)17-8-11-4-5-13(15)12(7-11)14(16)18/h4-5,7,9-10H,6,8H2,1-3H3,(H2,16,18). The maximum Gasteiger partial charge on any atom is 0.133 e. The summed E-state index contributed by atoms with van der Waals surface area (Å²) in [7, 11) is 0. The van der Waals surface area contributed by atoms with Crippen molar-refractivity contribution in [2.45, 2.75) is 39.9 Å². The lowest BCUT2D eigenvalue weighted by Crippen LogP contribution is -2.14. The van der Waals surface area contributed by atoms with E-state index in [4.69, 9.17) is 22.7 Å². The van der Waals surface area contributed by atoms with Crippen LogP contribution in [0.15, 0.2) is 18.2 Å². The average molecular weight is 269 g/mol. The predicted molar refractivity (Wildman–Crippen MR) is 76.0 cm³/mol. The highest BCUT2D eigenvalue weighted by Gasteiger charge is 2.09. The molecule has 18 heavy (non-hydrogen) atoms. The van der Waals surface area contributed by atoms with E-state index >= 15 is 0 Å². The zero-order chi connectivity index (χ0) is 13.7. The van der Waals surface area contributed by atoms with E-state index < -0.39 is 0 Å². The molecule has 1 atom stereocenters. The molecule has 1 aromatic carbocycles. The highest BCUT2D eigenvalue weighted by atomic mass is 32.1. The lowest BCUT2D eigenvalue weighted by Gasteiger charge is -2.15. The molecule has 4 heteroatoms. The van der Waals surface area contributed by atoms with E-state index in [2.05, 4.69) is 13.8 Å². The zero-order valence-electron chi connectivity index (χ0n) is 11.1. The Morgan fingerprint density at radius 3 is 2.61 bits per heavy atom. The highest BCUT2D eigenvalue weighted by molar-refractivity contribution is 7.80. The molecule has 0 heterocycles. The first-order valence-electron chi connectivity index (χ1n) is 6.10.